The van der Waals surface area contributed by atoms with Crippen molar-refractivity contribution >= 4 is 38.5 Å². The zero-order valence-electron chi connectivity index (χ0n) is 21.8. The number of pyridine rings is 2. The summed E-state index contributed by atoms with van der Waals surface area (Å²) in [6.45, 7) is 3.28. The van der Waals surface area contributed by atoms with E-state index in [0.29, 0.717) is 22.3 Å². The zero-order valence-corrected chi connectivity index (χ0v) is 22.6. The molecule has 3 aromatic heterocycles. The third-order valence-corrected chi connectivity index (χ3v) is 7.23. The second-order valence-corrected chi connectivity index (χ2v) is 10.3. The van der Waals surface area contributed by atoms with Crippen LogP contribution in [0.5, 0.6) is 5.88 Å². The maximum atomic E-state index is 14.2. The van der Waals surface area contributed by atoms with Gasteiger partial charge in [0.05, 0.1) is 18.3 Å². The number of nitrogens with one attached hydrogen (secondary N) is 2. The van der Waals surface area contributed by atoms with Gasteiger partial charge in [-0.1, -0.05) is 12.1 Å². The first-order valence-electron chi connectivity index (χ1n) is 12.1. The summed E-state index contributed by atoms with van der Waals surface area (Å²) in [6.07, 6.45) is -2.03. The van der Waals surface area contributed by atoms with Crippen molar-refractivity contribution in [3.05, 3.63) is 60.8 Å². The Hall–Kier alpha value is -4.64. The Bertz CT molecular complexity index is 1700. The van der Waals surface area contributed by atoms with Crippen LogP contribution in [0.3, 0.4) is 0 Å². The molecule has 0 radical (unpaired) electrons. The number of fused-ring (bicyclic) bond motifs is 1. The van der Waals surface area contributed by atoms with Gasteiger partial charge < -0.3 is 20.1 Å². The highest BCUT2D eigenvalue weighted by Crippen LogP contribution is 2.31. The van der Waals surface area contributed by atoms with E-state index in [1.807, 2.05) is 6.07 Å². The van der Waals surface area contributed by atoms with Crippen LogP contribution in [-0.2, 0) is 14.8 Å². The average molecular weight is 610 g/mol. The molecule has 0 unspecified atom stereocenters. The number of ether oxygens (including phenoxy) is 1. The van der Waals surface area contributed by atoms with E-state index in [9.17, 15) is 26.0 Å². The summed E-state index contributed by atoms with van der Waals surface area (Å²) in [5.74, 6) is -2.84. The summed E-state index contributed by atoms with van der Waals surface area (Å²) < 4.78 is 79.2. The molecule has 1 fully saturated rings. The van der Waals surface area contributed by atoms with E-state index in [1.165, 1.54) is 37.8 Å². The molecule has 0 atom stereocenters. The highest BCUT2D eigenvalue weighted by Gasteiger charge is 2.38. The number of methoxy groups -OCH3 is 1. The monoisotopic (exact) mass is 609 g/mol. The van der Waals surface area contributed by atoms with E-state index in [0.717, 1.165) is 38.1 Å². The topological polar surface area (TPSA) is 160 Å². The molecule has 1 aliphatic rings. The van der Waals surface area contributed by atoms with Crippen LogP contribution in [0.2, 0.25) is 0 Å². The van der Waals surface area contributed by atoms with Gasteiger partial charge in [-0.3, -0.25) is 4.72 Å². The van der Waals surface area contributed by atoms with Crippen LogP contribution in [0.15, 0.2) is 59.9 Å². The Kier molecular flexibility index (Phi) is 9.01. The van der Waals surface area contributed by atoms with Gasteiger partial charge in [0.15, 0.2) is 5.82 Å². The molecular weight excluding hydrogens is 586 g/mol. The van der Waals surface area contributed by atoms with Crippen LogP contribution >= 0.6 is 0 Å². The second kappa shape index (κ2) is 12.5. The SMILES string of the molecule is COc1ncc(-c2ccc3ncnc(N4CCNCC4)c3n2)cc1NS(=O)(=O)c1ccccc1F.O=C(O)C(F)(F)F. The van der Waals surface area contributed by atoms with Crippen LogP contribution in [-0.4, -0.2) is 78.9 Å². The Morgan fingerprint density at radius 3 is 2.43 bits per heavy atom. The number of hydrogen-bond donors (Lipinski definition) is 3. The molecular formula is C25H23F4N7O5S. The molecule has 17 heteroatoms. The van der Waals surface area contributed by atoms with E-state index in [2.05, 4.69) is 29.9 Å². The number of carboxylic acid groups (broad SMARTS) is 1. The quantitative estimate of drug-likeness (QED) is 0.276. The highest BCUT2D eigenvalue weighted by molar-refractivity contribution is 7.92. The van der Waals surface area contributed by atoms with Crippen molar-refractivity contribution in [3.8, 4) is 17.1 Å². The number of alkyl halides is 3. The Morgan fingerprint density at radius 1 is 1.10 bits per heavy atom. The van der Waals surface area contributed by atoms with Crippen molar-refractivity contribution in [2.24, 2.45) is 0 Å². The number of benzene rings is 1. The number of piperazine rings is 1. The third-order valence-electron chi connectivity index (χ3n) is 5.83. The number of aliphatic carboxylic acids is 1. The molecule has 5 rings (SSSR count). The second-order valence-electron chi connectivity index (χ2n) is 8.62. The van der Waals surface area contributed by atoms with Crippen molar-refractivity contribution in [3.63, 3.8) is 0 Å². The van der Waals surface area contributed by atoms with Gasteiger partial charge in [0, 0.05) is 37.9 Å². The number of anilines is 2. The summed E-state index contributed by atoms with van der Waals surface area (Å²) in [4.78, 5) is 28.4. The lowest BCUT2D eigenvalue weighted by molar-refractivity contribution is -0.192. The van der Waals surface area contributed by atoms with Gasteiger partial charge in [0.25, 0.3) is 10.0 Å². The zero-order chi connectivity index (χ0) is 30.5. The number of sulfonamides is 1. The summed E-state index contributed by atoms with van der Waals surface area (Å²) in [5.41, 5.74) is 2.47. The predicted octanol–water partition coefficient (Wildman–Crippen LogP) is 3.08. The van der Waals surface area contributed by atoms with E-state index >= 15 is 0 Å². The molecule has 1 aromatic carbocycles. The number of nitrogens with zero attached hydrogens (tertiary/aromatic N) is 5. The van der Waals surface area contributed by atoms with E-state index in [4.69, 9.17) is 19.6 Å². The van der Waals surface area contributed by atoms with Gasteiger partial charge in [0.1, 0.15) is 28.2 Å². The van der Waals surface area contributed by atoms with E-state index < -0.39 is 32.9 Å². The van der Waals surface area contributed by atoms with Crippen molar-refractivity contribution in [2.45, 2.75) is 11.1 Å². The molecule has 42 heavy (non-hydrogen) atoms. The minimum atomic E-state index is -5.08. The van der Waals surface area contributed by atoms with Crippen molar-refractivity contribution < 1.29 is 40.6 Å². The molecule has 1 saturated heterocycles. The molecule has 3 N–H and O–H groups in total. The molecule has 1 aliphatic heterocycles. The predicted molar refractivity (Wildman–Crippen MR) is 143 cm³/mol. The molecule has 0 saturated carbocycles. The molecule has 4 heterocycles. The van der Waals surface area contributed by atoms with Gasteiger partial charge in [-0.15, -0.1) is 0 Å². The number of aromatic nitrogens is 4. The van der Waals surface area contributed by atoms with Gasteiger partial charge in [-0.05, 0) is 30.3 Å². The first-order chi connectivity index (χ1) is 19.9. The lowest BCUT2D eigenvalue weighted by atomic mass is 10.1. The lowest BCUT2D eigenvalue weighted by Gasteiger charge is -2.28. The number of carboxylic acids is 1. The van der Waals surface area contributed by atoms with Gasteiger partial charge in [-0.2, -0.15) is 13.2 Å². The summed E-state index contributed by atoms with van der Waals surface area (Å²) >= 11 is 0. The molecule has 0 amide bonds. The van der Waals surface area contributed by atoms with Crippen LogP contribution in [0.4, 0.5) is 29.1 Å². The third kappa shape index (κ3) is 6.98. The summed E-state index contributed by atoms with van der Waals surface area (Å²) in [5, 5.41) is 10.4. The fourth-order valence-corrected chi connectivity index (χ4v) is 5.01. The van der Waals surface area contributed by atoms with Gasteiger partial charge in [-0.25, -0.2) is 37.5 Å². The Labute approximate surface area is 236 Å². The largest absolute Gasteiger partial charge is 0.490 e. The Balaban J connectivity index is 0.000000517. The molecule has 0 spiro atoms. The Morgan fingerprint density at radius 2 is 1.79 bits per heavy atom. The van der Waals surface area contributed by atoms with Gasteiger partial charge in [0.2, 0.25) is 5.88 Å². The summed E-state index contributed by atoms with van der Waals surface area (Å²) in [7, 11) is -2.86. The molecule has 0 aliphatic carbocycles. The van der Waals surface area contributed by atoms with Crippen LogP contribution < -0.4 is 19.7 Å². The van der Waals surface area contributed by atoms with Crippen molar-refractivity contribution in [2.75, 3.05) is 42.9 Å². The molecule has 0 bridgehead atoms. The molecule has 12 nitrogen and oxygen atoms in total. The minimum absolute atomic E-state index is 0.0410. The first-order valence-corrected chi connectivity index (χ1v) is 13.6. The van der Waals surface area contributed by atoms with Crippen LogP contribution in [0, 0.1) is 5.82 Å². The number of rotatable bonds is 6. The van der Waals surface area contributed by atoms with Crippen LogP contribution in [0.25, 0.3) is 22.3 Å². The van der Waals surface area contributed by atoms with Crippen molar-refractivity contribution in [1.82, 2.24) is 25.3 Å². The lowest BCUT2D eigenvalue weighted by Crippen LogP contribution is -2.44. The fraction of sp³-hybridized carbons (Fsp3) is 0.240. The number of carbonyl (C=O) groups is 1. The maximum Gasteiger partial charge on any atom is 0.490 e. The van der Waals surface area contributed by atoms with Gasteiger partial charge >= 0.3 is 12.1 Å². The van der Waals surface area contributed by atoms with E-state index in [1.54, 1.807) is 12.1 Å². The first kappa shape index (κ1) is 30.3. The van der Waals surface area contributed by atoms with Crippen LogP contribution in [0.1, 0.15) is 0 Å². The molecule has 4 aromatic rings. The highest BCUT2D eigenvalue weighted by atomic mass is 32.2. The normalized spacial score (nSPS) is 13.7. The average Bonchev–Trinajstić information content (AvgIpc) is 2.97. The fourth-order valence-electron chi connectivity index (χ4n) is 3.89. The number of halogens is 4. The summed E-state index contributed by atoms with van der Waals surface area (Å²) in [6, 6.07) is 10.3. The van der Waals surface area contributed by atoms with Crippen molar-refractivity contribution in [1.29, 1.82) is 0 Å². The maximum absolute atomic E-state index is 14.2. The standard InChI is InChI=1S/C23H22FN7O3S.C2HF3O2/c1-34-23-19(30-35(32,33)20-5-3-2-4-16(20)24)12-15(13-26-23)17-6-7-18-21(29-17)22(28-14-27-18)31-10-8-25-9-11-31;3-2(4,5)1(6)7/h2-7,12-14,25,30H,8-11H2,1H3;(H,6,7). The molecule has 222 valence electrons. The smallest absolute Gasteiger partial charge is 0.480 e. The van der Waals surface area contributed by atoms with E-state index in [-0.39, 0.29) is 11.6 Å². The number of hydrogen-bond acceptors (Lipinski definition) is 10. The minimum Gasteiger partial charge on any atom is -0.480 e.